The monoisotopic (exact) mass is 304 g/mol. The molecule has 114 valence electrons. The van der Waals surface area contributed by atoms with Crippen molar-refractivity contribution >= 4 is 11.3 Å². The van der Waals surface area contributed by atoms with Crippen LogP contribution in [0.25, 0.3) is 0 Å². The third kappa shape index (κ3) is 5.14. The summed E-state index contributed by atoms with van der Waals surface area (Å²) in [6.07, 6.45) is 2.03. The maximum atomic E-state index is 5.79. The van der Waals surface area contributed by atoms with E-state index in [1.807, 2.05) is 12.1 Å². The summed E-state index contributed by atoms with van der Waals surface area (Å²) in [4.78, 5) is 4.51. The van der Waals surface area contributed by atoms with Crippen LogP contribution in [0.1, 0.15) is 37.0 Å². The van der Waals surface area contributed by atoms with Gasteiger partial charge in [-0.3, -0.25) is 0 Å². The molecule has 1 atom stereocenters. The van der Waals surface area contributed by atoms with Gasteiger partial charge < -0.3 is 10.1 Å². The average molecular weight is 304 g/mol. The molecule has 0 bridgehead atoms. The Bertz CT molecular complexity index is 536. The van der Waals surface area contributed by atoms with Gasteiger partial charge in [-0.05, 0) is 44.0 Å². The van der Waals surface area contributed by atoms with E-state index in [1.54, 1.807) is 11.3 Å². The van der Waals surface area contributed by atoms with Crippen molar-refractivity contribution in [2.45, 2.75) is 46.3 Å². The van der Waals surface area contributed by atoms with Gasteiger partial charge in [-0.25, -0.2) is 4.98 Å². The Hall–Kier alpha value is -1.39. The second-order valence-corrected chi connectivity index (χ2v) is 6.12. The average Bonchev–Trinajstić information content (AvgIpc) is 2.95. The number of hydrogen-bond acceptors (Lipinski definition) is 4. The van der Waals surface area contributed by atoms with E-state index in [0.29, 0.717) is 12.6 Å². The minimum atomic E-state index is 0.504. The number of thiazole rings is 1. The van der Waals surface area contributed by atoms with Crippen LogP contribution in [0.5, 0.6) is 5.75 Å². The van der Waals surface area contributed by atoms with Crippen LogP contribution < -0.4 is 10.1 Å². The highest BCUT2D eigenvalue weighted by Crippen LogP contribution is 2.16. The summed E-state index contributed by atoms with van der Waals surface area (Å²) < 4.78 is 5.79. The van der Waals surface area contributed by atoms with Crippen LogP contribution >= 0.6 is 11.3 Å². The number of rotatable bonds is 8. The van der Waals surface area contributed by atoms with Gasteiger partial charge in [-0.1, -0.05) is 26.0 Å². The van der Waals surface area contributed by atoms with Gasteiger partial charge in [0, 0.05) is 11.4 Å². The smallest absolute Gasteiger partial charge is 0.131 e. The predicted octanol–water partition coefficient (Wildman–Crippen LogP) is 3.83. The van der Waals surface area contributed by atoms with Gasteiger partial charge in [-0.2, -0.15) is 0 Å². The normalized spacial score (nSPS) is 12.3. The number of likely N-dealkylation sites (N-methyl/N-ethyl adjacent to an activating group) is 1. The summed E-state index contributed by atoms with van der Waals surface area (Å²) in [7, 11) is 0. The lowest BCUT2D eigenvalue weighted by atomic mass is 10.1. The molecule has 2 rings (SSSR count). The maximum Gasteiger partial charge on any atom is 0.131 e. The van der Waals surface area contributed by atoms with Gasteiger partial charge in [0.1, 0.15) is 12.4 Å². The zero-order valence-electron chi connectivity index (χ0n) is 13.1. The fourth-order valence-corrected chi connectivity index (χ4v) is 2.96. The first-order valence-corrected chi connectivity index (χ1v) is 8.47. The Morgan fingerprint density at radius 1 is 1.24 bits per heavy atom. The molecule has 0 radical (unpaired) electrons. The molecule has 1 aromatic heterocycles. The maximum absolute atomic E-state index is 5.79. The van der Waals surface area contributed by atoms with Crippen LogP contribution in [0, 0.1) is 0 Å². The molecule has 0 aliphatic heterocycles. The van der Waals surface area contributed by atoms with E-state index in [4.69, 9.17) is 4.74 Å². The highest BCUT2D eigenvalue weighted by Gasteiger charge is 2.04. The van der Waals surface area contributed by atoms with Crippen molar-refractivity contribution in [1.82, 2.24) is 10.3 Å². The Labute approximate surface area is 131 Å². The zero-order valence-corrected chi connectivity index (χ0v) is 13.9. The molecule has 2 aromatic rings. The van der Waals surface area contributed by atoms with E-state index in [-0.39, 0.29) is 0 Å². The van der Waals surface area contributed by atoms with Crippen molar-refractivity contribution in [3.63, 3.8) is 0 Å². The molecule has 0 aliphatic carbocycles. The first-order chi connectivity index (χ1) is 10.2. The van der Waals surface area contributed by atoms with E-state index >= 15 is 0 Å². The van der Waals surface area contributed by atoms with E-state index < -0.39 is 0 Å². The molecule has 0 fully saturated rings. The first-order valence-electron chi connectivity index (χ1n) is 7.59. The SMILES string of the molecule is CCNC(C)Cc1ccc(OCc2csc(CC)n2)cc1. The largest absolute Gasteiger partial charge is 0.487 e. The molecule has 0 saturated heterocycles. The van der Waals surface area contributed by atoms with E-state index in [2.05, 4.69) is 48.6 Å². The lowest BCUT2D eigenvalue weighted by molar-refractivity contribution is 0.302. The predicted molar refractivity (Wildman–Crippen MR) is 89.1 cm³/mol. The van der Waals surface area contributed by atoms with Gasteiger partial charge >= 0.3 is 0 Å². The molecule has 1 N–H and O–H groups in total. The molecule has 4 heteroatoms. The number of nitrogens with zero attached hydrogens (tertiary/aromatic N) is 1. The van der Waals surface area contributed by atoms with Crippen molar-refractivity contribution in [2.24, 2.45) is 0 Å². The fraction of sp³-hybridized carbons (Fsp3) is 0.471. The van der Waals surface area contributed by atoms with Crippen molar-refractivity contribution in [2.75, 3.05) is 6.54 Å². The highest BCUT2D eigenvalue weighted by atomic mass is 32.1. The molecule has 0 aliphatic rings. The van der Waals surface area contributed by atoms with Crippen LogP contribution in [0.15, 0.2) is 29.6 Å². The topological polar surface area (TPSA) is 34.1 Å². The molecule has 1 aromatic carbocycles. The molecule has 1 heterocycles. The summed E-state index contributed by atoms with van der Waals surface area (Å²) in [5.41, 5.74) is 2.35. The summed E-state index contributed by atoms with van der Waals surface area (Å²) in [5.74, 6) is 0.904. The summed E-state index contributed by atoms with van der Waals surface area (Å²) in [6.45, 7) is 8.02. The quantitative estimate of drug-likeness (QED) is 0.805. The first kappa shape index (κ1) is 16.0. The summed E-state index contributed by atoms with van der Waals surface area (Å²) in [5, 5.41) is 6.67. The number of aryl methyl sites for hydroxylation is 1. The third-order valence-electron chi connectivity index (χ3n) is 3.31. The summed E-state index contributed by atoms with van der Waals surface area (Å²) >= 11 is 1.70. The molecule has 0 amide bonds. The molecular weight excluding hydrogens is 280 g/mol. The van der Waals surface area contributed by atoms with Crippen LogP contribution in [0.2, 0.25) is 0 Å². The van der Waals surface area contributed by atoms with Gasteiger partial charge in [0.25, 0.3) is 0 Å². The van der Waals surface area contributed by atoms with Crippen LogP contribution in [0.3, 0.4) is 0 Å². The van der Waals surface area contributed by atoms with Crippen molar-refractivity contribution in [3.8, 4) is 5.75 Å². The highest BCUT2D eigenvalue weighted by molar-refractivity contribution is 7.09. The number of hydrogen-bond donors (Lipinski definition) is 1. The van der Waals surface area contributed by atoms with E-state index in [1.165, 1.54) is 10.6 Å². The Balaban J connectivity index is 1.84. The molecule has 3 nitrogen and oxygen atoms in total. The van der Waals surface area contributed by atoms with E-state index in [0.717, 1.165) is 30.8 Å². The molecule has 21 heavy (non-hydrogen) atoms. The second-order valence-electron chi connectivity index (χ2n) is 5.18. The number of aromatic nitrogens is 1. The van der Waals surface area contributed by atoms with Crippen molar-refractivity contribution in [1.29, 1.82) is 0 Å². The number of nitrogens with one attached hydrogen (secondary N) is 1. The second kappa shape index (κ2) is 8.15. The van der Waals surface area contributed by atoms with Crippen LogP contribution in [-0.4, -0.2) is 17.6 Å². The zero-order chi connectivity index (χ0) is 15.1. The minimum absolute atomic E-state index is 0.504. The van der Waals surface area contributed by atoms with E-state index in [9.17, 15) is 0 Å². The number of ether oxygens (including phenoxy) is 1. The molecular formula is C17H24N2OS. The van der Waals surface area contributed by atoms with Gasteiger partial charge in [0.2, 0.25) is 0 Å². The van der Waals surface area contributed by atoms with Crippen molar-refractivity contribution < 1.29 is 4.74 Å². The summed E-state index contributed by atoms with van der Waals surface area (Å²) in [6, 6.07) is 8.87. The lowest BCUT2D eigenvalue weighted by Crippen LogP contribution is -2.27. The Morgan fingerprint density at radius 3 is 2.62 bits per heavy atom. The third-order valence-corrected chi connectivity index (χ3v) is 4.35. The molecule has 0 spiro atoms. The van der Waals surface area contributed by atoms with Gasteiger partial charge in [0.15, 0.2) is 0 Å². The molecule has 0 saturated carbocycles. The molecule has 1 unspecified atom stereocenters. The standard InChI is InChI=1S/C17H24N2OS/c1-4-17-19-15(12-21-17)11-20-16-8-6-14(7-9-16)10-13(3)18-5-2/h6-9,12-13,18H,4-5,10-11H2,1-3H3. The van der Waals surface area contributed by atoms with Gasteiger partial charge in [-0.15, -0.1) is 11.3 Å². The Kier molecular flexibility index (Phi) is 6.21. The number of benzene rings is 1. The lowest BCUT2D eigenvalue weighted by Gasteiger charge is -2.12. The van der Waals surface area contributed by atoms with Crippen LogP contribution in [0.4, 0.5) is 0 Å². The fourth-order valence-electron chi connectivity index (χ4n) is 2.23. The minimum Gasteiger partial charge on any atom is -0.487 e. The Morgan fingerprint density at radius 2 is 2.00 bits per heavy atom. The van der Waals surface area contributed by atoms with Crippen LogP contribution in [-0.2, 0) is 19.4 Å². The van der Waals surface area contributed by atoms with Crippen molar-refractivity contribution in [3.05, 3.63) is 45.9 Å². The van der Waals surface area contributed by atoms with Gasteiger partial charge in [0.05, 0.1) is 10.7 Å².